The van der Waals surface area contributed by atoms with Gasteiger partial charge in [-0.2, -0.15) is 0 Å². The van der Waals surface area contributed by atoms with Crippen LogP contribution in [0.2, 0.25) is 0 Å². The number of aliphatic hydroxyl groups excluding tert-OH is 2. The van der Waals surface area contributed by atoms with Gasteiger partial charge in [-0.15, -0.1) is 0 Å². The first-order valence-corrected chi connectivity index (χ1v) is 25.2. The molecule has 0 fully saturated rings. The number of nitrogens with one attached hydrogen (secondary N) is 1. The number of carbonyl (C=O) groups is 2. The van der Waals surface area contributed by atoms with Gasteiger partial charge in [0, 0.05) is 6.42 Å². The number of hydrogen-bond acceptors (Lipinski definition) is 5. The Morgan fingerprint density at radius 3 is 1.40 bits per heavy atom. The minimum atomic E-state index is -0.794. The van der Waals surface area contributed by atoms with Crippen molar-refractivity contribution >= 4 is 11.9 Å². The van der Waals surface area contributed by atoms with Gasteiger partial charge in [0.1, 0.15) is 6.10 Å². The maximum Gasteiger partial charge on any atom is 0.306 e. The van der Waals surface area contributed by atoms with Gasteiger partial charge in [-0.05, 0) is 57.8 Å². The summed E-state index contributed by atoms with van der Waals surface area (Å²) in [6.45, 7) is 6.36. The van der Waals surface area contributed by atoms with Crippen LogP contribution in [0, 0.1) is 0 Å². The van der Waals surface area contributed by atoms with E-state index in [1.54, 1.807) is 0 Å². The second kappa shape index (κ2) is 46.2. The summed E-state index contributed by atoms with van der Waals surface area (Å²) in [5.74, 6) is -0.503. The van der Waals surface area contributed by atoms with E-state index in [1.165, 1.54) is 135 Å². The van der Waals surface area contributed by atoms with E-state index in [4.69, 9.17) is 4.74 Å². The Kier molecular flexibility index (Phi) is 44.6. The summed E-state index contributed by atoms with van der Waals surface area (Å²) in [7, 11) is 0. The van der Waals surface area contributed by atoms with E-state index in [9.17, 15) is 19.8 Å². The highest BCUT2D eigenvalue weighted by atomic mass is 16.5. The molecule has 0 aromatic carbocycles. The van der Waals surface area contributed by atoms with Crippen molar-refractivity contribution < 1.29 is 24.5 Å². The SMILES string of the molecule is CC/C=C/C/C=C/C/C=C/CCCCC(CC(=O)NC(CO)C(O)CCCCCCCCCCCCC)OC(=O)CCCCCCCCCCCCCCCCCC. The van der Waals surface area contributed by atoms with Gasteiger partial charge in [0.05, 0.1) is 25.2 Å². The first kappa shape index (κ1) is 56.1. The zero-order chi connectivity index (χ0) is 42.4. The fourth-order valence-corrected chi connectivity index (χ4v) is 7.68. The Balaban J connectivity index is 4.56. The molecule has 3 N–H and O–H groups in total. The summed E-state index contributed by atoms with van der Waals surface area (Å²) in [4.78, 5) is 26.1. The molecule has 58 heavy (non-hydrogen) atoms. The smallest absolute Gasteiger partial charge is 0.306 e. The van der Waals surface area contributed by atoms with Crippen molar-refractivity contribution in [3.63, 3.8) is 0 Å². The quantitative estimate of drug-likeness (QED) is 0.0323. The number of ether oxygens (including phenoxy) is 1. The van der Waals surface area contributed by atoms with Crippen molar-refractivity contribution in [2.24, 2.45) is 0 Å². The van der Waals surface area contributed by atoms with E-state index in [-0.39, 0.29) is 24.9 Å². The largest absolute Gasteiger partial charge is 0.462 e. The van der Waals surface area contributed by atoms with Crippen LogP contribution in [0.15, 0.2) is 36.5 Å². The van der Waals surface area contributed by atoms with E-state index in [0.717, 1.165) is 77.0 Å². The monoisotopic (exact) mass is 816 g/mol. The molecular weight excluding hydrogens is 719 g/mol. The van der Waals surface area contributed by atoms with Gasteiger partial charge < -0.3 is 20.3 Å². The molecule has 340 valence electrons. The van der Waals surface area contributed by atoms with Gasteiger partial charge >= 0.3 is 5.97 Å². The van der Waals surface area contributed by atoms with Crippen molar-refractivity contribution in [1.82, 2.24) is 5.32 Å². The van der Waals surface area contributed by atoms with Crippen LogP contribution in [0.4, 0.5) is 0 Å². The van der Waals surface area contributed by atoms with E-state index < -0.39 is 18.2 Å². The van der Waals surface area contributed by atoms with Crippen LogP contribution in [0.5, 0.6) is 0 Å². The molecule has 0 spiro atoms. The molecule has 0 aromatic heterocycles. The third kappa shape index (κ3) is 40.8. The number of esters is 1. The van der Waals surface area contributed by atoms with Gasteiger partial charge in [0.2, 0.25) is 5.91 Å². The van der Waals surface area contributed by atoms with Crippen molar-refractivity contribution in [1.29, 1.82) is 0 Å². The number of carbonyl (C=O) groups excluding carboxylic acids is 2. The summed E-state index contributed by atoms with van der Waals surface area (Å²) in [5, 5.41) is 23.7. The highest BCUT2D eigenvalue weighted by molar-refractivity contribution is 5.77. The topological polar surface area (TPSA) is 95.9 Å². The molecule has 0 aliphatic rings. The van der Waals surface area contributed by atoms with Crippen molar-refractivity contribution in [3.05, 3.63) is 36.5 Å². The molecule has 3 unspecified atom stereocenters. The Morgan fingerprint density at radius 1 is 0.517 bits per heavy atom. The van der Waals surface area contributed by atoms with Crippen molar-refractivity contribution in [2.75, 3.05) is 6.61 Å². The Labute approximate surface area is 360 Å². The van der Waals surface area contributed by atoms with E-state index in [0.29, 0.717) is 19.3 Å². The molecule has 0 aliphatic heterocycles. The van der Waals surface area contributed by atoms with Crippen LogP contribution >= 0.6 is 0 Å². The number of rotatable bonds is 45. The molecule has 0 heterocycles. The molecule has 6 nitrogen and oxygen atoms in total. The summed E-state index contributed by atoms with van der Waals surface area (Å²) in [6.07, 6.45) is 53.5. The molecule has 0 saturated carbocycles. The predicted octanol–water partition coefficient (Wildman–Crippen LogP) is 14.9. The molecule has 0 rings (SSSR count). The molecule has 0 saturated heterocycles. The number of hydrogen-bond donors (Lipinski definition) is 3. The Morgan fingerprint density at radius 2 is 0.931 bits per heavy atom. The maximum absolute atomic E-state index is 13.2. The van der Waals surface area contributed by atoms with E-state index in [2.05, 4.69) is 62.5 Å². The fourth-order valence-electron chi connectivity index (χ4n) is 7.68. The van der Waals surface area contributed by atoms with Crippen molar-refractivity contribution in [3.8, 4) is 0 Å². The lowest BCUT2D eigenvalue weighted by Crippen LogP contribution is -2.46. The van der Waals surface area contributed by atoms with Crippen LogP contribution < -0.4 is 5.32 Å². The predicted molar refractivity (Wildman–Crippen MR) is 250 cm³/mol. The first-order chi connectivity index (χ1) is 28.5. The van der Waals surface area contributed by atoms with Gasteiger partial charge in [-0.1, -0.05) is 224 Å². The van der Waals surface area contributed by atoms with Crippen LogP contribution in [0.1, 0.15) is 258 Å². The lowest BCUT2D eigenvalue weighted by Gasteiger charge is -2.24. The van der Waals surface area contributed by atoms with Gasteiger partial charge in [0.15, 0.2) is 0 Å². The Hall–Kier alpha value is -1.92. The van der Waals surface area contributed by atoms with E-state index >= 15 is 0 Å². The first-order valence-electron chi connectivity index (χ1n) is 25.2. The molecule has 6 heteroatoms. The molecule has 3 atom stereocenters. The summed E-state index contributed by atoms with van der Waals surface area (Å²) in [6, 6.07) is -0.709. The highest BCUT2D eigenvalue weighted by Gasteiger charge is 2.24. The molecule has 1 amide bonds. The second-order valence-corrected chi connectivity index (χ2v) is 17.2. The van der Waals surface area contributed by atoms with Gasteiger partial charge in [-0.3, -0.25) is 9.59 Å². The minimum Gasteiger partial charge on any atom is -0.462 e. The normalized spacial score (nSPS) is 13.5. The van der Waals surface area contributed by atoms with Crippen LogP contribution in [-0.4, -0.2) is 46.9 Å². The zero-order valence-electron chi connectivity index (χ0n) is 38.7. The molecule has 0 aromatic rings. The number of amides is 1. The molecule has 0 radical (unpaired) electrons. The van der Waals surface area contributed by atoms with Crippen molar-refractivity contribution in [2.45, 2.75) is 277 Å². The summed E-state index contributed by atoms with van der Waals surface area (Å²) in [5.41, 5.74) is 0. The third-order valence-electron chi connectivity index (χ3n) is 11.5. The molecule has 0 aliphatic carbocycles. The second-order valence-electron chi connectivity index (χ2n) is 17.2. The third-order valence-corrected chi connectivity index (χ3v) is 11.5. The van der Waals surface area contributed by atoms with E-state index in [1.807, 2.05) is 0 Å². The summed E-state index contributed by atoms with van der Waals surface area (Å²) < 4.78 is 5.91. The standard InChI is InChI=1S/C52H97NO5/c1-4-7-10-13-16-19-22-24-25-26-27-30-33-36-39-42-45-52(57)58-48(43-40-37-34-31-29-23-20-17-14-11-8-5-2)46-51(56)53-49(47-54)50(55)44-41-38-35-32-28-21-18-15-12-9-6-3/h8,11,17,20,29,31,48-50,54-55H,4-7,9-10,12-16,18-19,21-28,30,32-47H2,1-3H3,(H,53,56)/b11-8+,20-17+,31-29+. The van der Waals surface area contributed by atoms with Gasteiger partial charge in [-0.25, -0.2) is 0 Å². The average Bonchev–Trinajstić information content (AvgIpc) is 3.22. The zero-order valence-corrected chi connectivity index (χ0v) is 38.7. The number of aliphatic hydroxyl groups is 2. The fraction of sp³-hybridized carbons (Fsp3) is 0.846. The van der Waals surface area contributed by atoms with Crippen LogP contribution in [-0.2, 0) is 14.3 Å². The number of unbranched alkanes of at least 4 members (excludes halogenated alkanes) is 27. The number of allylic oxidation sites excluding steroid dienone is 6. The molecule has 0 bridgehead atoms. The lowest BCUT2D eigenvalue weighted by atomic mass is 10.0. The average molecular weight is 816 g/mol. The molecular formula is C52H97NO5. The van der Waals surface area contributed by atoms with Crippen LogP contribution in [0.25, 0.3) is 0 Å². The highest BCUT2D eigenvalue weighted by Crippen LogP contribution is 2.18. The lowest BCUT2D eigenvalue weighted by molar-refractivity contribution is -0.151. The minimum absolute atomic E-state index is 0.0550. The Bertz CT molecular complexity index is 961. The summed E-state index contributed by atoms with van der Waals surface area (Å²) >= 11 is 0. The maximum atomic E-state index is 13.2. The van der Waals surface area contributed by atoms with Crippen LogP contribution in [0.3, 0.4) is 0 Å². The van der Waals surface area contributed by atoms with Gasteiger partial charge in [0.25, 0.3) is 0 Å².